The van der Waals surface area contributed by atoms with E-state index in [0.29, 0.717) is 0 Å². The van der Waals surface area contributed by atoms with E-state index >= 15 is 0 Å². The summed E-state index contributed by atoms with van der Waals surface area (Å²) in [6.07, 6.45) is 13.7. The Labute approximate surface area is 101 Å². The second-order valence-electron chi connectivity index (χ2n) is 5.97. The molecule has 1 aliphatic carbocycles. The second-order valence-corrected chi connectivity index (χ2v) is 5.97. The van der Waals surface area contributed by atoms with E-state index in [9.17, 15) is 0 Å². The van der Waals surface area contributed by atoms with E-state index in [2.05, 4.69) is 4.90 Å². The molecule has 0 aromatic carbocycles. The SMILES string of the molecule is NC1(CN2CCCCCCC2)CCCCC1. The van der Waals surface area contributed by atoms with Gasteiger partial charge >= 0.3 is 0 Å². The molecule has 94 valence electrons. The van der Waals surface area contributed by atoms with Gasteiger partial charge in [0.2, 0.25) is 0 Å². The summed E-state index contributed by atoms with van der Waals surface area (Å²) in [6.45, 7) is 3.74. The molecule has 1 aliphatic heterocycles. The summed E-state index contributed by atoms with van der Waals surface area (Å²) in [7, 11) is 0. The van der Waals surface area contributed by atoms with Crippen molar-refractivity contribution in [2.75, 3.05) is 19.6 Å². The zero-order valence-corrected chi connectivity index (χ0v) is 10.7. The average Bonchev–Trinajstić information content (AvgIpc) is 2.23. The van der Waals surface area contributed by atoms with Crippen LogP contribution in [0.4, 0.5) is 0 Å². The number of nitrogens with zero attached hydrogens (tertiary/aromatic N) is 1. The fraction of sp³-hybridized carbons (Fsp3) is 1.00. The van der Waals surface area contributed by atoms with E-state index in [-0.39, 0.29) is 5.54 Å². The van der Waals surface area contributed by atoms with Gasteiger partial charge in [0, 0.05) is 12.1 Å². The summed E-state index contributed by atoms with van der Waals surface area (Å²) in [6, 6.07) is 0. The first-order valence-electron chi connectivity index (χ1n) is 7.30. The molecule has 16 heavy (non-hydrogen) atoms. The van der Waals surface area contributed by atoms with Crippen LogP contribution in [0.1, 0.15) is 64.2 Å². The molecule has 2 rings (SSSR count). The van der Waals surface area contributed by atoms with Crippen molar-refractivity contribution in [3.8, 4) is 0 Å². The lowest BCUT2D eigenvalue weighted by Crippen LogP contribution is -2.51. The van der Waals surface area contributed by atoms with Crippen LogP contribution in [0.5, 0.6) is 0 Å². The van der Waals surface area contributed by atoms with Gasteiger partial charge in [-0.1, -0.05) is 38.5 Å². The minimum atomic E-state index is 0.150. The molecule has 0 spiro atoms. The molecule has 2 fully saturated rings. The molecule has 0 unspecified atom stereocenters. The van der Waals surface area contributed by atoms with Crippen LogP contribution in [-0.4, -0.2) is 30.1 Å². The van der Waals surface area contributed by atoms with Crippen molar-refractivity contribution in [3.05, 3.63) is 0 Å². The third kappa shape index (κ3) is 3.74. The van der Waals surface area contributed by atoms with Crippen LogP contribution < -0.4 is 5.73 Å². The first kappa shape index (κ1) is 12.4. The predicted molar refractivity (Wildman–Crippen MR) is 69.5 cm³/mol. The first-order valence-corrected chi connectivity index (χ1v) is 7.30. The molecule has 0 aromatic rings. The van der Waals surface area contributed by atoms with Gasteiger partial charge in [0.05, 0.1) is 0 Å². The van der Waals surface area contributed by atoms with Crippen molar-refractivity contribution < 1.29 is 0 Å². The largest absolute Gasteiger partial charge is 0.324 e. The third-order valence-electron chi connectivity index (χ3n) is 4.34. The maximum Gasteiger partial charge on any atom is 0.0283 e. The Bertz CT molecular complexity index is 189. The van der Waals surface area contributed by atoms with Gasteiger partial charge in [0.1, 0.15) is 0 Å². The van der Waals surface area contributed by atoms with Crippen molar-refractivity contribution in [3.63, 3.8) is 0 Å². The maximum absolute atomic E-state index is 6.54. The minimum absolute atomic E-state index is 0.150. The Hall–Kier alpha value is -0.0800. The lowest BCUT2D eigenvalue weighted by Gasteiger charge is -2.38. The lowest BCUT2D eigenvalue weighted by molar-refractivity contribution is 0.162. The topological polar surface area (TPSA) is 29.3 Å². The molecule has 0 atom stereocenters. The fourth-order valence-corrected chi connectivity index (χ4v) is 3.33. The highest BCUT2D eigenvalue weighted by atomic mass is 15.1. The highest BCUT2D eigenvalue weighted by Crippen LogP contribution is 2.27. The Kier molecular flexibility index (Phi) is 4.66. The van der Waals surface area contributed by atoms with Gasteiger partial charge in [-0.2, -0.15) is 0 Å². The van der Waals surface area contributed by atoms with Crippen LogP contribution in [0.3, 0.4) is 0 Å². The molecular weight excluding hydrogens is 196 g/mol. The van der Waals surface area contributed by atoms with Crippen LogP contribution in [0.15, 0.2) is 0 Å². The van der Waals surface area contributed by atoms with E-state index in [1.165, 1.54) is 77.3 Å². The number of hydrogen-bond donors (Lipinski definition) is 1. The Balaban J connectivity index is 1.81. The molecule has 0 bridgehead atoms. The van der Waals surface area contributed by atoms with Crippen molar-refractivity contribution in [2.24, 2.45) is 5.73 Å². The van der Waals surface area contributed by atoms with Crippen molar-refractivity contribution in [2.45, 2.75) is 69.7 Å². The van der Waals surface area contributed by atoms with Gasteiger partial charge in [0.25, 0.3) is 0 Å². The summed E-state index contributed by atoms with van der Waals surface area (Å²) in [4.78, 5) is 2.64. The molecule has 2 aliphatic rings. The first-order chi connectivity index (χ1) is 7.79. The van der Waals surface area contributed by atoms with Crippen LogP contribution >= 0.6 is 0 Å². The van der Waals surface area contributed by atoms with Crippen LogP contribution in [-0.2, 0) is 0 Å². The summed E-state index contributed by atoms with van der Waals surface area (Å²) >= 11 is 0. The van der Waals surface area contributed by atoms with Crippen molar-refractivity contribution in [1.29, 1.82) is 0 Å². The number of likely N-dealkylation sites (tertiary alicyclic amines) is 1. The molecule has 0 radical (unpaired) electrons. The number of nitrogens with two attached hydrogens (primary N) is 1. The number of rotatable bonds is 2. The fourth-order valence-electron chi connectivity index (χ4n) is 3.33. The monoisotopic (exact) mass is 224 g/mol. The standard InChI is InChI=1S/C14H28N2/c15-14(9-5-4-6-10-14)13-16-11-7-2-1-3-8-12-16/h1-13,15H2. The third-order valence-corrected chi connectivity index (χ3v) is 4.34. The summed E-state index contributed by atoms with van der Waals surface area (Å²) < 4.78 is 0. The molecule has 2 nitrogen and oxygen atoms in total. The van der Waals surface area contributed by atoms with Crippen LogP contribution in [0.2, 0.25) is 0 Å². The van der Waals surface area contributed by atoms with Gasteiger partial charge < -0.3 is 10.6 Å². The van der Waals surface area contributed by atoms with Gasteiger partial charge in [-0.05, 0) is 38.8 Å². The normalized spacial score (nSPS) is 28.3. The summed E-state index contributed by atoms with van der Waals surface area (Å²) in [5, 5.41) is 0. The van der Waals surface area contributed by atoms with Crippen molar-refractivity contribution >= 4 is 0 Å². The van der Waals surface area contributed by atoms with E-state index in [1.807, 2.05) is 0 Å². The zero-order chi connectivity index (χ0) is 11.3. The Morgan fingerprint density at radius 1 is 0.750 bits per heavy atom. The molecule has 1 heterocycles. The minimum Gasteiger partial charge on any atom is -0.324 e. The van der Waals surface area contributed by atoms with Gasteiger partial charge in [0.15, 0.2) is 0 Å². The molecule has 0 aromatic heterocycles. The Morgan fingerprint density at radius 3 is 1.88 bits per heavy atom. The summed E-state index contributed by atoms with van der Waals surface area (Å²) in [5.41, 5.74) is 6.69. The molecule has 1 saturated carbocycles. The van der Waals surface area contributed by atoms with Gasteiger partial charge in [-0.3, -0.25) is 0 Å². The van der Waals surface area contributed by atoms with Crippen molar-refractivity contribution in [1.82, 2.24) is 4.90 Å². The molecule has 1 saturated heterocycles. The maximum atomic E-state index is 6.54. The van der Waals surface area contributed by atoms with Crippen LogP contribution in [0.25, 0.3) is 0 Å². The molecule has 2 N–H and O–H groups in total. The van der Waals surface area contributed by atoms with E-state index in [4.69, 9.17) is 5.73 Å². The van der Waals surface area contributed by atoms with Gasteiger partial charge in [-0.15, -0.1) is 0 Å². The zero-order valence-electron chi connectivity index (χ0n) is 10.7. The van der Waals surface area contributed by atoms with E-state index in [0.717, 1.165) is 6.54 Å². The predicted octanol–water partition coefficient (Wildman–Crippen LogP) is 2.91. The smallest absolute Gasteiger partial charge is 0.0283 e. The highest BCUT2D eigenvalue weighted by molar-refractivity contribution is 4.90. The number of hydrogen-bond acceptors (Lipinski definition) is 2. The molecule has 0 amide bonds. The van der Waals surface area contributed by atoms with E-state index < -0.39 is 0 Å². The quantitative estimate of drug-likeness (QED) is 0.781. The van der Waals surface area contributed by atoms with E-state index in [1.54, 1.807) is 0 Å². The van der Waals surface area contributed by atoms with Gasteiger partial charge in [-0.25, -0.2) is 0 Å². The average molecular weight is 224 g/mol. The molecule has 2 heteroatoms. The Morgan fingerprint density at radius 2 is 1.25 bits per heavy atom. The lowest BCUT2D eigenvalue weighted by atomic mass is 9.82. The second kappa shape index (κ2) is 6.02. The highest BCUT2D eigenvalue weighted by Gasteiger charge is 2.29. The summed E-state index contributed by atoms with van der Waals surface area (Å²) in [5.74, 6) is 0. The van der Waals surface area contributed by atoms with Crippen LogP contribution in [0, 0.1) is 0 Å². The molecular formula is C14H28N2.